The lowest BCUT2D eigenvalue weighted by Crippen LogP contribution is -3.13. The number of Topliss-reactive ketones (excluding diaryl/α,β-unsaturated/α-hetero) is 1. The molecule has 8 aliphatic heterocycles. The van der Waals surface area contributed by atoms with E-state index in [2.05, 4.69) is 53.7 Å². The van der Waals surface area contributed by atoms with Crippen LogP contribution in [0.15, 0.2) is 58.9 Å². The van der Waals surface area contributed by atoms with E-state index < -0.39 is 41.8 Å². The van der Waals surface area contributed by atoms with Crippen LogP contribution in [0.5, 0.6) is 17.2 Å². The van der Waals surface area contributed by atoms with Gasteiger partial charge in [0, 0.05) is 71.5 Å². The minimum absolute atomic E-state index is 0.00154. The number of aliphatic hydroxyl groups is 3. The molecule has 4 aliphatic carbocycles. The van der Waals surface area contributed by atoms with Gasteiger partial charge in [0.2, 0.25) is 0 Å². The lowest BCUT2D eigenvalue weighted by Gasteiger charge is -2.56. The first-order valence-corrected chi connectivity index (χ1v) is 27.2. The molecule has 0 aromatic heterocycles. The number of aliphatic hydroxyl groups excluding tert-OH is 3. The molecule has 2 aromatic carbocycles. The summed E-state index contributed by atoms with van der Waals surface area (Å²) >= 11 is 0. The second-order valence-electron chi connectivity index (χ2n) is 21.5. The van der Waals surface area contributed by atoms with Crippen LogP contribution in [0, 0.1) is 52.5 Å². The van der Waals surface area contributed by atoms with E-state index in [9.17, 15) is 25.2 Å². The SMILES string of the molecule is C[C@@H]1C=C[C@@H]([C@@H](O)CC(=O)CCc2c(O)cc3c4c2CSSC[C@@]25CN[C@@H](N)c6ccc7c(c62)[C@@H](C2=CN=C6C[NH+](C=C26)[C@@H](O4)[C@H](C#C[C@H]7O)C2(C#CO3)CCCC2)C2(CCCC2)C5)[C@H](O)C1. The number of quaternary nitrogens is 1. The third kappa shape index (κ3) is 7.20. The number of phenolic OH excluding ortho intramolecular Hbond substituents is 1. The largest absolute Gasteiger partial charge is 0.508 e. The zero-order valence-electron chi connectivity index (χ0n) is 38.1. The summed E-state index contributed by atoms with van der Waals surface area (Å²) in [5.41, 5.74) is 15.2. The van der Waals surface area contributed by atoms with Gasteiger partial charge >= 0.3 is 0 Å². The van der Waals surface area contributed by atoms with Crippen molar-refractivity contribution in [3.63, 3.8) is 0 Å². The van der Waals surface area contributed by atoms with Gasteiger partial charge in [-0.05, 0) is 84.1 Å². The number of ether oxygens (including phenoxy) is 2. The fourth-order valence-electron chi connectivity index (χ4n) is 14.3. The molecule has 0 amide bonds. The van der Waals surface area contributed by atoms with E-state index in [-0.39, 0.29) is 59.6 Å². The number of hydrogen-bond donors (Lipinski definition) is 7. The topological polar surface area (TPSA) is 171 Å². The van der Waals surface area contributed by atoms with Crippen LogP contribution in [0.1, 0.15) is 136 Å². The highest BCUT2D eigenvalue weighted by atomic mass is 33.1. The number of allylic oxidation sites excluding steroid dienone is 2. The molecule has 10 bridgehead atoms. The Kier molecular flexibility index (Phi) is 11.1. The molecule has 350 valence electrons. The number of nitrogens with one attached hydrogen (secondary N) is 2. The fourth-order valence-corrected chi connectivity index (χ4v) is 17.0. The number of carbonyl (C=O) groups excluding carboxylic acids is 1. The minimum Gasteiger partial charge on any atom is -0.508 e. The van der Waals surface area contributed by atoms with E-state index in [1.54, 1.807) is 16.9 Å². The fraction of sp³-hybridized carbons (Fsp3) is 0.556. The first-order valence-electron chi connectivity index (χ1n) is 24.7. The Hall–Kier alpha value is -4.02. The Balaban J connectivity index is 1.04. The predicted molar refractivity (Wildman–Crippen MR) is 259 cm³/mol. The van der Waals surface area contributed by atoms with Gasteiger partial charge < -0.3 is 35.6 Å². The minimum atomic E-state index is -1.07. The Morgan fingerprint density at radius 3 is 2.72 bits per heavy atom. The molecule has 14 rings (SSSR count). The van der Waals surface area contributed by atoms with Crippen LogP contribution in [0.2, 0.25) is 0 Å². The van der Waals surface area contributed by atoms with Crippen molar-refractivity contribution in [2.45, 2.75) is 138 Å². The molecule has 12 aliphatic rings. The van der Waals surface area contributed by atoms with Crippen molar-refractivity contribution in [1.82, 2.24) is 5.32 Å². The number of phenols is 1. The molecular formula is C54H61N4O7S2+. The van der Waals surface area contributed by atoms with Crippen molar-refractivity contribution in [2.75, 3.05) is 18.8 Å². The lowest BCUT2D eigenvalue weighted by atomic mass is 9.50. The van der Waals surface area contributed by atoms with E-state index in [0.717, 1.165) is 96.4 Å². The van der Waals surface area contributed by atoms with Gasteiger partial charge in [-0.15, -0.1) is 0 Å². The Morgan fingerprint density at radius 1 is 1.09 bits per heavy atom. The summed E-state index contributed by atoms with van der Waals surface area (Å²) in [5, 5.41) is 50.5. The van der Waals surface area contributed by atoms with E-state index >= 15 is 0 Å². The Labute approximate surface area is 400 Å². The normalized spacial score (nSPS) is 34.8. The number of aromatic hydroxyl groups is 1. The van der Waals surface area contributed by atoms with Crippen LogP contribution in [0.3, 0.4) is 0 Å². The number of carbonyl (C=O) groups is 1. The highest BCUT2D eigenvalue weighted by Crippen LogP contribution is 2.67. The lowest BCUT2D eigenvalue weighted by molar-refractivity contribution is -0.888. The highest BCUT2D eigenvalue weighted by molar-refractivity contribution is 8.76. The van der Waals surface area contributed by atoms with Crippen LogP contribution < -0.4 is 25.4 Å². The molecule has 8 N–H and O–H groups in total. The first kappa shape index (κ1) is 44.2. The van der Waals surface area contributed by atoms with Crippen molar-refractivity contribution in [2.24, 2.45) is 39.3 Å². The van der Waals surface area contributed by atoms with Gasteiger partial charge in [0.15, 0.2) is 11.5 Å². The van der Waals surface area contributed by atoms with Gasteiger partial charge in [-0.2, -0.15) is 0 Å². The summed E-state index contributed by atoms with van der Waals surface area (Å²) in [6.07, 6.45) is 17.4. The Morgan fingerprint density at radius 2 is 1.90 bits per heavy atom. The molecule has 67 heavy (non-hydrogen) atoms. The number of benzene rings is 2. The number of nitrogens with zero attached hydrogens (tertiary/aromatic N) is 1. The maximum Gasteiger partial charge on any atom is 0.252 e. The zero-order chi connectivity index (χ0) is 45.8. The molecular weight excluding hydrogens is 881 g/mol. The summed E-state index contributed by atoms with van der Waals surface area (Å²) in [4.78, 5) is 20.1. The third-order valence-corrected chi connectivity index (χ3v) is 19.9. The second-order valence-corrected chi connectivity index (χ2v) is 23.9. The number of aliphatic imine (C=N–C) groups is 1. The van der Waals surface area contributed by atoms with Crippen molar-refractivity contribution >= 4 is 33.1 Å². The summed E-state index contributed by atoms with van der Waals surface area (Å²) < 4.78 is 14.0. The summed E-state index contributed by atoms with van der Waals surface area (Å²) in [5.74, 6) is 11.9. The van der Waals surface area contributed by atoms with Gasteiger partial charge in [-0.25, -0.2) is 0 Å². The van der Waals surface area contributed by atoms with Gasteiger partial charge in [-0.3, -0.25) is 20.0 Å². The average molecular weight is 942 g/mol. The van der Waals surface area contributed by atoms with Crippen LogP contribution in [-0.4, -0.2) is 69.2 Å². The molecule has 2 fully saturated rings. The standard InChI is InChI=1S/C54H60N4O7S2/c1-30-6-8-33(42(61)20-30)43(62)21-31(59)7-9-32-38-26-66-67-29-54-27-53(16-4-5-17-53)48-36-23-56-40-25-58(24-37(36)40)51-39(12-13-41(60)34-10-11-35(47(54)46(34)48)50(55)57-28-54)52(14-2-3-15-52)18-19-64-45(22-44(32)63)49(38)65-51/h6,8,10-11,22-24,30,33,39,41-43,48,50-51,57,60-63H,2-5,7,9,14-17,20-21,25-29,55H2,1H3/p+1/t30-,33-,39+,41-,42-,43+,48-,50-,51+,54-/m1/s1. The maximum atomic E-state index is 13.8. The molecule has 2 saturated carbocycles. The number of ketones is 1. The molecule has 11 nitrogen and oxygen atoms in total. The van der Waals surface area contributed by atoms with Crippen molar-refractivity contribution in [1.29, 1.82) is 0 Å². The molecule has 11 atom stereocenters. The molecule has 0 radical (unpaired) electrons. The van der Waals surface area contributed by atoms with E-state index in [4.69, 9.17) is 20.2 Å². The monoisotopic (exact) mass is 941 g/mol. The van der Waals surface area contributed by atoms with E-state index in [1.165, 1.54) is 16.7 Å². The average Bonchev–Trinajstić information content (AvgIpc) is 4.13. The third-order valence-electron chi connectivity index (χ3n) is 17.5. The molecule has 3 spiro atoms. The van der Waals surface area contributed by atoms with Crippen LogP contribution in [0.4, 0.5) is 0 Å². The Bertz CT molecular complexity index is 2680. The number of rotatable bonds is 6. The van der Waals surface area contributed by atoms with Gasteiger partial charge in [0.1, 0.15) is 48.1 Å². The smallest absolute Gasteiger partial charge is 0.252 e. The molecule has 0 saturated heterocycles. The van der Waals surface area contributed by atoms with Crippen LogP contribution >= 0.6 is 21.6 Å². The summed E-state index contributed by atoms with van der Waals surface area (Å²) in [6, 6.07) is 5.83. The maximum absolute atomic E-state index is 13.8. The highest BCUT2D eigenvalue weighted by Gasteiger charge is 2.60. The first-order chi connectivity index (χ1) is 32.5. The van der Waals surface area contributed by atoms with Gasteiger partial charge in [-0.1, -0.05) is 96.2 Å². The second kappa shape index (κ2) is 16.8. The van der Waals surface area contributed by atoms with E-state index in [0.29, 0.717) is 42.3 Å². The molecule has 13 heteroatoms. The van der Waals surface area contributed by atoms with Crippen LogP contribution in [-0.2, 0) is 22.4 Å². The number of hydrogen-bond acceptors (Lipinski definition) is 12. The van der Waals surface area contributed by atoms with Crippen molar-refractivity contribution < 1.29 is 39.6 Å². The quantitative estimate of drug-likeness (QED) is 0.102. The zero-order valence-corrected chi connectivity index (χ0v) is 39.7. The van der Waals surface area contributed by atoms with Crippen molar-refractivity contribution in [3.05, 3.63) is 87.3 Å². The van der Waals surface area contributed by atoms with Crippen LogP contribution in [0.25, 0.3) is 0 Å². The van der Waals surface area contributed by atoms with Gasteiger partial charge in [0.25, 0.3) is 6.23 Å². The van der Waals surface area contributed by atoms with E-state index in [1.807, 2.05) is 29.9 Å². The number of fused-ring (bicyclic) bond motifs is 1. The predicted octanol–water partition coefficient (Wildman–Crippen LogP) is 6.07. The molecule has 8 heterocycles. The van der Waals surface area contributed by atoms with Crippen molar-refractivity contribution in [3.8, 4) is 41.1 Å². The summed E-state index contributed by atoms with van der Waals surface area (Å²) in [7, 11) is 3.53. The number of nitrogens with two attached hydrogens (primary N) is 1. The molecule has 2 aromatic rings. The molecule has 1 unspecified atom stereocenters. The van der Waals surface area contributed by atoms with Gasteiger partial charge in [0.05, 0.1) is 29.4 Å². The summed E-state index contributed by atoms with van der Waals surface area (Å²) in [6.45, 7) is 3.32.